The molecule has 0 bridgehead atoms. The molecule has 0 saturated heterocycles. The van der Waals surface area contributed by atoms with E-state index in [1.165, 1.54) is 0 Å². The first-order valence-electron chi connectivity index (χ1n) is 1.99. The van der Waals surface area contributed by atoms with E-state index in [0.717, 1.165) is 0 Å². The summed E-state index contributed by atoms with van der Waals surface area (Å²) in [5.41, 5.74) is 0. The van der Waals surface area contributed by atoms with E-state index in [2.05, 4.69) is 24.7 Å². The number of hydrogen-bond donors (Lipinski definition) is 0. The molecule has 0 unspecified atom stereocenters. The highest BCUT2D eigenvalue weighted by Crippen LogP contribution is 2.33. The van der Waals surface area contributed by atoms with Crippen LogP contribution in [-0.2, 0) is 0 Å². The minimum absolute atomic E-state index is 0. The van der Waals surface area contributed by atoms with Gasteiger partial charge in [0.15, 0.2) is 0 Å². The monoisotopic (exact) mass is 153 g/mol. The van der Waals surface area contributed by atoms with Crippen LogP contribution in [0.15, 0.2) is 4.74 Å². The Hall–Kier alpha value is 0.230. The Labute approximate surface area is 61.9 Å². The molecule has 62 valence electrons. The van der Waals surface area contributed by atoms with Crippen LogP contribution >= 0.6 is 7.05 Å². The molecule has 0 aromatic carbocycles. The van der Waals surface area contributed by atoms with Gasteiger partial charge >= 0.3 is 0 Å². The van der Waals surface area contributed by atoms with Gasteiger partial charge in [-0.05, 0) is 27.0 Å². The molecule has 1 nitrogen and oxygen atoms in total. The van der Waals surface area contributed by atoms with Crippen LogP contribution in [0.3, 0.4) is 0 Å². The van der Waals surface area contributed by atoms with Crippen molar-refractivity contribution in [2.45, 2.75) is 22.3 Å². The first kappa shape index (κ1) is 22.9. The molecule has 0 heterocycles. The van der Waals surface area contributed by atoms with Crippen molar-refractivity contribution >= 4 is 7.05 Å². The van der Waals surface area contributed by atoms with E-state index in [1.54, 1.807) is 0 Å². The summed E-state index contributed by atoms with van der Waals surface area (Å²) in [6, 6.07) is 0. The van der Waals surface area contributed by atoms with Crippen LogP contribution in [0.2, 0.25) is 0 Å². The van der Waals surface area contributed by atoms with E-state index in [4.69, 9.17) is 0 Å². The Bertz CT molecular complexity index is 72.7. The summed E-state index contributed by atoms with van der Waals surface area (Å²) in [5, 5.41) is 0. The Balaban J connectivity index is -0.0000000417. The normalized spacial score (nSPS) is 7.56. The zero-order chi connectivity index (χ0) is 5.21. The molecular formula is C7H24NP. The molecule has 0 aliphatic carbocycles. The van der Waals surface area contributed by atoms with E-state index >= 15 is 0 Å². The molecule has 0 spiro atoms. The van der Waals surface area contributed by atoms with Crippen LogP contribution in [0, 0.1) is 0 Å². The van der Waals surface area contributed by atoms with Gasteiger partial charge in [0.1, 0.15) is 0 Å². The van der Waals surface area contributed by atoms with Crippen molar-refractivity contribution in [3.8, 4) is 0 Å². The summed E-state index contributed by atoms with van der Waals surface area (Å²) in [6.07, 6.45) is 0. The maximum Gasteiger partial charge on any atom is 0.0261 e. The lowest BCUT2D eigenvalue weighted by molar-refractivity contribution is 1.48. The Morgan fingerprint density at radius 1 is 0.889 bits per heavy atom. The molecule has 0 aliphatic heterocycles. The molecule has 0 radical (unpaired) electrons. The number of hydrogen-bond acceptors (Lipinski definition) is 1. The largest absolute Gasteiger partial charge is 0.307 e. The highest BCUT2D eigenvalue weighted by Gasteiger charge is 1.86. The summed E-state index contributed by atoms with van der Waals surface area (Å²) in [7, 11) is 1.11. The average molecular weight is 153 g/mol. The lowest BCUT2D eigenvalue weighted by Gasteiger charge is -1.99. The van der Waals surface area contributed by atoms with Crippen LogP contribution in [0.5, 0.6) is 0 Å². The molecule has 0 aromatic heterocycles. The van der Waals surface area contributed by atoms with E-state index in [0.29, 0.717) is 0 Å². The average Bonchev–Trinajstić information content (AvgIpc) is 1.35. The van der Waals surface area contributed by atoms with Crippen molar-refractivity contribution in [1.29, 1.82) is 0 Å². The van der Waals surface area contributed by atoms with Crippen LogP contribution in [0.25, 0.3) is 0 Å². The van der Waals surface area contributed by atoms with E-state index in [9.17, 15) is 0 Å². The maximum absolute atomic E-state index is 4.13. The highest BCUT2D eigenvalue weighted by molar-refractivity contribution is 7.63. The molecule has 0 rings (SSSR count). The molecule has 0 N–H and O–H groups in total. The predicted molar refractivity (Wildman–Crippen MR) is 53.2 cm³/mol. The summed E-state index contributed by atoms with van der Waals surface area (Å²) < 4.78 is 4.13. The van der Waals surface area contributed by atoms with Gasteiger partial charge in [0.25, 0.3) is 0 Å². The minimum atomic E-state index is -0.772. The second kappa shape index (κ2) is 8.23. The molecule has 2 heteroatoms. The van der Waals surface area contributed by atoms with Crippen molar-refractivity contribution in [3.63, 3.8) is 0 Å². The van der Waals surface area contributed by atoms with Crippen molar-refractivity contribution in [2.75, 3.05) is 27.0 Å². The zero-order valence-corrected chi connectivity index (χ0v) is 5.79. The van der Waals surface area contributed by atoms with Crippen LogP contribution in [0.4, 0.5) is 0 Å². The van der Waals surface area contributed by atoms with Gasteiger partial charge in [-0.3, -0.25) is 0 Å². The van der Waals surface area contributed by atoms with Gasteiger partial charge in [-0.15, -0.1) is 0 Å². The van der Waals surface area contributed by atoms with Crippen LogP contribution in [0.1, 0.15) is 22.3 Å². The van der Waals surface area contributed by atoms with E-state index in [1.807, 2.05) is 7.05 Å². The van der Waals surface area contributed by atoms with Crippen molar-refractivity contribution in [1.82, 2.24) is 0 Å². The fourth-order valence-electron chi connectivity index (χ4n) is 0. The molecule has 9 heavy (non-hydrogen) atoms. The number of rotatable bonds is 0. The molecular weight excluding hydrogens is 129 g/mol. The summed E-state index contributed by atoms with van der Waals surface area (Å²) in [4.78, 5) is 0. The third-order valence-corrected chi connectivity index (χ3v) is 1.80. The Kier molecular flexibility index (Phi) is 20.9. The van der Waals surface area contributed by atoms with Crippen LogP contribution < -0.4 is 0 Å². The van der Waals surface area contributed by atoms with Crippen molar-refractivity contribution in [2.24, 2.45) is 4.74 Å². The lowest BCUT2D eigenvalue weighted by Crippen LogP contribution is -1.65. The second-order valence-corrected chi connectivity index (χ2v) is 6.42. The first-order chi connectivity index (χ1) is 2.56. The molecule has 0 fully saturated rings. The van der Waals surface area contributed by atoms with Gasteiger partial charge in [0.2, 0.25) is 0 Å². The maximum atomic E-state index is 4.13. The summed E-state index contributed by atoms with van der Waals surface area (Å²) in [5.74, 6) is 0. The smallest absolute Gasteiger partial charge is 0.0261 e. The van der Waals surface area contributed by atoms with E-state index < -0.39 is 7.05 Å². The topological polar surface area (TPSA) is 12.4 Å². The minimum Gasteiger partial charge on any atom is -0.307 e. The molecule has 0 aromatic rings. The molecule has 0 amide bonds. The lowest BCUT2D eigenvalue weighted by atomic mass is 11.6. The van der Waals surface area contributed by atoms with Gasteiger partial charge < -0.3 is 4.74 Å². The second-order valence-electron chi connectivity index (χ2n) is 2.14. The third-order valence-electron chi connectivity index (χ3n) is 0.600. The van der Waals surface area contributed by atoms with Gasteiger partial charge in [-0.1, -0.05) is 22.3 Å². The molecule has 0 atom stereocenters. The standard InChI is InChI=1S/C4H12NP.3CH4/c1-5-6(2,3)4;;;/h1-4H3;3*1H4. The molecule has 0 aliphatic rings. The van der Waals surface area contributed by atoms with Crippen molar-refractivity contribution in [3.05, 3.63) is 0 Å². The zero-order valence-electron chi connectivity index (χ0n) is 4.89. The fraction of sp³-hybridized carbons (Fsp3) is 1.00. The number of nitrogens with zero attached hydrogens (tertiary/aromatic N) is 1. The quantitative estimate of drug-likeness (QED) is 0.471. The first-order valence-corrected chi connectivity index (χ1v) is 5.07. The summed E-state index contributed by atoms with van der Waals surface area (Å²) in [6.45, 7) is 6.56. The SMILES string of the molecule is C.C.C.CN=P(C)(C)C. The summed E-state index contributed by atoms with van der Waals surface area (Å²) >= 11 is 0. The van der Waals surface area contributed by atoms with Gasteiger partial charge in [0.05, 0.1) is 0 Å². The fourth-order valence-corrected chi connectivity index (χ4v) is 0. The van der Waals surface area contributed by atoms with Crippen LogP contribution in [-0.4, -0.2) is 27.0 Å². The van der Waals surface area contributed by atoms with E-state index in [-0.39, 0.29) is 22.3 Å². The Morgan fingerprint density at radius 2 is 1.00 bits per heavy atom. The highest BCUT2D eigenvalue weighted by atomic mass is 31.2. The van der Waals surface area contributed by atoms with Crippen molar-refractivity contribution < 1.29 is 0 Å². The third kappa shape index (κ3) is 30.6. The predicted octanol–water partition coefficient (Wildman–Crippen LogP) is 3.62. The van der Waals surface area contributed by atoms with Gasteiger partial charge in [-0.25, -0.2) is 0 Å². The van der Waals surface area contributed by atoms with Gasteiger partial charge in [-0.2, -0.15) is 0 Å². The van der Waals surface area contributed by atoms with Gasteiger partial charge in [0, 0.05) is 7.05 Å². The molecule has 0 saturated carbocycles. The Morgan fingerprint density at radius 3 is 1.00 bits per heavy atom.